The number of ether oxygens (including phenoxy) is 1. The van der Waals surface area contributed by atoms with Gasteiger partial charge in [-0.2, -0.15) is 4.31 Å². The first-order valence-corrected chi connectivity index (χ1v) is 10.2. The molecule has 0 aromatic rings. The predicted molar refractivity (Wildman–Crippen MR) is 86.4 cm³/mol. The van der Waals surface area contributed by atoms with E-state index in [1.165, 1.54) is 12.7 Å². The van der Waals surface area contributed by atoms with Crippen molar-refractivity contribution in [1.82, 2.24) is 14.1 Å². The van der Waals surface area contributed by atoms with Gasteiger partial charge in [-0.3, -0.25) is 9.80 Å². The molecule has 128 valence electrons. The number of sulfonamides is 1. The van der Waals surface area contributed by atoms with E-state index < -0.39 is 10.0 Å². The second kappa shape index (κ2) is 6.02. The van der Waals surface area contributed by atoms with Crippen molar-refractivity contribution in [2.45, 2.75) is 31.8 Å². The number of morpholine rings is 1. The Morgan fingerprint density at radius 1 is 1.27 bits per heavy atom. The first-order valence-electron chi connectivity index (χ1n) is 8.32. The molecule has 3 aliphatic heterocycles. The third-order valence-electron chi connectivity index (χ3n) is 5.25. The van der Waals surface area contributed by atoms with Crippen LogP contribution in [0.4, 0.5) is 0 Å². The summed E-state index contributed by atoms with van der Waals surface area (Å²) in [5, 5.41) is 0. The van der Waals surface area contributed by atoms with Gasteiger partial charge in [-0.25, -0.2) is 8.42 Å². The van der Waals surface area contributed by atoms with Gasteiger partial charge in [0.15, 0.2) is 0 Å². The van der Waals surface area contributed by atoms with E-state index in [0.717, 1.165) is 32.8 Å². The first kappa shape index (κ1) is 16.6. The molecule has 3 rings (SSSR count). The van der Waals surface area contributed by atoms with Crippen LogP contribution >= 0.6 is 0 Å². The van der Waals surface area contributed by atoms with Crippen LogP contribution in [-0.4, -0.2) is 92.8 Å². The molecule has 0 N–H and O–H groups in total. The molecular weight excluding hydrogens is 302 g/mol. The van der Waals surface area contributed by atoms with Gasteiger partial charge in [0.05, 0.1) is 25.0 Å². The highest BCUT2D eigenvalue weighted by atomic mass is 32.2. The van der Waals surface area contributed by atoms with Crippen molar-refractivity contribution in [3.8, 4) is 0 Å². The van der Waals surface area contributed by atoms with E-state index in [4.69, 9.17) is 4.74 Å². The van der Waals surface area contributed by atoms with Gasteiger partial charge in [0.1, 0.15) is 0 Å². The first-order chi connectivity index (χ1) is 10.3. The highest BCUT2D eigenvalue weighted by Gasteiger charge is 2.55. The molecule has 0 aromatic carbocycles. The molecular formula is C15H29N3O3S. The summed E-state index contributed by atoms with van der Waals surface area (Å²) in [6.07, 6.45) is 2.54. The minimum absolute atomic E-state index is 0.00670. The highest BCUT2D eigenvalue weighted by molar-refractivity contribution is 7.88. The molecule has 3 aliphatic rings. The van der Waals surface area contributed by atoms with Gasteiger partial charge in [0.2, 0.25) is 10.0 Å². The molecule has 3 heterocycles. The molecule has 3 fully saturated rings. The van der Waals surface area contributed by atoms with Gasteiger partial charge in [0.25, 0.3) is 0 Å². The van der Waals surface area contributed by atoms with Crippen molar-refractivity contribution >= 4 is 10.0 Å². The lowest BCUT2D eigenvalue weighted by Gasteiger charge is -2.63. The van der Waals surface area contributed by atoms with Crippen LogP contribution in [0.1, 0.15) is 20.3 Å². The number of rotatable bonds is 4. The minimum atomic E-state index is -3.13. The van der Waals surface area contributed by atoms with Gasteiger partial charge in [0, 0.05) is 38.8 Å². The topological polar surface area (TPSA) is 53.1 Å². The smallest absolute Gasteiger partial charge is 0.211 e. The monoisotopic (exact) mass is 331 g/mol. The summed E-state index contributed by atoms with van der Waals surface area (Å²) in [7, 11) is -3.13. The molecule has 3 saturated heterocycles. The summed E-state index contributed by atoms with van der Waals surface area (Å²) in [4.78, 5) is 5.00. The quantitative estimate of drug-likeness (QED) is 0.729. The average molecular weight is 331 g/mol. The molecule has 7 heteroatoms. The fraction of sp³-hybridized carbons (Fsp3) is 1.00. The van der Waals surface area contributed by atoms with Gasteiger partial charge < -0.3 is 4.74 Å². The molecule has 0 saturated carbocycles. The second-order valence-corrected chi connectivity index (χ2v) is 9.58. The van der Waals surface area contributed by atoms with Crippen LogP contribution in [0.15, 0.2) is 0 Å². The van der Waals surface area contributed by atoms with Crippen LogP contribution in [0.3, 0.4) is 0 Å². The Labute approximate surface area is 134 Å². The maximum absolute atomic E-state index is 12.0. The lowest BCUT2D eigenvalue weighted by Crippen LogP contribution is -2.80. The van der Waals surface area contributed by atoms with E-state index in [9.17, 15) is 8.42 Å². The van der Waals surface area contributed by atoms with Crippen LogP contribution in [0, 0.1) is 5.92 Å². The van der Waals surface area contributed by atoms with Crippen molar-refractivity contribution in [3.05, 3.63) is 0 Å². The second-order valence-electron chi connectivity index (χ2n) is 7.60. The molecule has 0 radical (unpaired) electrons. The summed E-state index contributed by atoms with van der Waals surface area (Å²) in [5.41, 5.74) is 0.00670. The molecule has 1 spiro atoms. The van der Waals surface area contributed by atoms with Gasteiger partial charge in [-0.05, 0) is 18.9 Å². The largest absolute Gasteiger partial charge is 0.378 e. The number of hydrogen-bond donors (Lipinski definition) is 0. The lowest BCUT2D eigenvalue weighted by atomic mass is 9.83. The van der Waals surface area contributed by atoms with E-state index in [-0.39, 0.29) is 11.6 Å². The summed E-state index contributed by atoms with van der Waals surface area (Å²) in [6, 6.07) is 0.212. The Balaban J connectivity index is 1.71. The Bertz CT molecular complexity index is 502. The molecule has 6 nitrogen and oxygen atoms in total. The molecule has 22 heavy (non-hydrogen) atoms. The lowest BCUT2D eigenvalue weighted by molar-refractivity contribution is -0.153. The van der Waals surface area contributed by atoms with Crippen LogP contribution in [0.2, 0.25) is 0 Å². The van der Waals surface area contributed by atoms with Crippen molar-refractivity contribution in [2.24, 2.45) is 5.92 Å². The Hall–Kier alpha value is -0.210. The van der Waals surface area contributed by atoms with Crippen molar-refractivity contribution in [1.29, 1.82) is 0 Å². The number of nitrogens with zero attached hydrogens (tertiary/aromatic N) is 3. The van der Waals surface area contributed by atoms with Crippen molar-refractivity contribution in [3.63, 3.8) is 0 Å². The van der Waals surface area contributed by atoms with Crippen LogP contribution < -0.4 is 0 Å². The molecule has 0 bridgehead atoms. The van der Waals surface area contributed by atoms with E-state index in [0.29, 0.717) is 25.6 Å². The molecule has 0 unspecified atom stereocenters. The zero-order chi connectivity index (χ0) is 16.0. The summed E-state index contributed by atoms with van der Waals surface area (Å²) in [6.45, 7) is 11.2. The fourth-order valence-corrected chi connectivity index (χ4v) is 4.99. The Morgan fingerprint density at radius 2 is 2.00 bits per heavy atom. The van der Waals surface area contributed by atoms with Crippen molar-refractivity contribution < 1.29 is 13.2 Å². The van der Waals surface area contributed by atoms with Crippen molar-refractivity contribution in [2.75, 3.05) is 58.7 Å². The molecule has 0 amide bonds. The summed E-state index contributed by atoms with van der Waals surface area (Å²) < 4.78 is 31.3. The molecule has 0 aliphatic carbocycles. The van der Waals surface area contributed by atoms with Gasteiger partial charge in [-0.1, -0.05) is 13.8 Å². The number of likely N-dealkylation sites (tertiary alicyclic amines) is 1. The molecule has 0 aromatic heterocycles. The Kier molecular flexibility index (Phi) is 4.55. The van der Waals surface area contributed by atoms with Gasteiger partial charge >= 0.3 is 0 Å². The van der Waals surface area contributed by atoms with Gasteiger partial charge in [-0.15, -0.1) is 0 Å². The standard InChI is InChI=1S/C15H29N3O3S/c1-13(2)4-5-16-10-15(11-16)12-17(22(3,19)20)8-14-9-21-7-6-18(14)15/h13-14H,4-12H2,1-3H3/t14-/m1/s1. The van der Waals surface area contributed by atoms with E-state index in [1.54, 1.807) is 4.31 Å². The van der Waals surface area contributed by atoms with Crippen LogP contribution in [-0.2, 0) is 14.8 Å². The maximum Gasteiger partial charge on any atom is 0.211 e. The zero-order valence-electron chi connectivity index (χ0n) is 14.0. The number of piperazine rings is 1. The minimum Gasteiger partial charge on any atom is -0.378 e. The van der Waals surface area contributed by atoms with Crippen LogP contribution in [0.5, 0.6) is 0 Å². The predicted octanol–water partition coefficient (Wildman–Crippen LogP) is 0.0629. The van der Waals surface area contributed by atoms with E-state index in [1.807, 2.05) is 0 Å². The number of hydrogen-bond acceptors (Lipinski definition) is 5. The molecule has 1 atom stereocenters. The third kappa shape index (κ3) is 3.19. The SMILES string of the molecule is CC(C)CCN1CC2(C1)CN(S(C)(=O)=O)C[C@@H]1COCCN12. The van der Waals surface area contributed by atoms with E-state index in [2.05, 4.69) is 23.6 Å². The zero-order valence-corrected chi connectivity index (χ0v) is 14.8. The number of fused-ring (bicyclic) bond motifs is 2. The average Bonchev–Trinajstić information content (AvgIpc) is 2.40. The fourth-order valence-electron chi connectivity index (χ4n) is 4.07. The van der Waals surface area contributed by atoms with Crippen LogP contribution in [0.25, 0.3) is 0 Å². The third-order valence-corrected chi connectivity index (χ3v) is 6.47. The summed E-state index contributed by atoms with van der Waals surface area (Å²) >= 11 is 0. The Morgan fingerprint density at radius 3 is 2.64 bits per heavy atom. The highest BCUT2D eigenvalue weighted by Crippen LogP contribution is 2.36. The normalized spacial score (nSPS) is 30.5. The maximum atomic E-state index is 12.0. The van der Waals surface area contributed by atoms with E-state index >= 15 is 0 Å². The summed E-state index contributed by atoms with van der Waals surface area (Å²) in [5.74, 6) is 0.714.